The minimum Gasteiger partial charge on any atom is -0.497 e. The number of hydrogen-bond donors (Lipinski definition) is 1. The summed E-state index contributed by atoms with van der Waals surface area (Å²) in [5, 5.41) is 3.83. The maximum atomic E-state index is 13.7. The molecular weight excluding hydrogens is 853 g/mol. The molecule has 2 amide bonds. The first-order chi connectivity index (χ1) is 31.5. The van der Waals surface area contributed by atoms with E-state index >= 15 is 0 Å². The summed E-state index contributed by atoms with van der Waals surface area (Å²) in [5.74, 6) is 0.222. The Morgan fingerprint density at radius 1 is 0.791 bits per heavy atom. The number of anilines is 1. The second-order valence-electron chi connectivity index (χ2n) is 20.5. The molecule has 3 aromatic carbocycles. The van der Waals surface area contributed by atoms with Gasteiger partial charge in [-0.25, -0.2) is 29.4 Å². The zero-order valence-corrected chi connectivity index (χ0v) is 40.6. The number of aldehydes is 1. The molecule has 15 heteroatoms. The van der Waals surface area contributed by atoms with Crippen LogP contribution in [0.15, 0.2) is 109 Å². The van der Waals surface area contributed by atoms with Crippen LogP contribution < -0.4 is 10.1 Å². The fraction of sp³-hybridized carbons (Fsp3) is 0.462. The third-order valence-electron chi connectivity index (χ3n) is 11.7. The van der Waals surface area contributed by atoms with Gasteiger partial charge in [-0.2, -0.15) is 0 Å². The van der Waals surface area contributed by atoms with E-state index in [4.69, 9.17) is 43.4 Å². The average molecular weight is 917 g/mol. The van der Waals surface area contributed by atoms with E-state index in [0.717, 1.165) is 33.6 Å². The fourth-order valence-corrected chi connectivity index (χ4v) is 8.80. The number of ether oxygens (including phenoxy) is 6. The standard InChI is InChI=1S/C52H64N6O9/c1-48(2,3)39(58(46(60)66-49(4,5)6)47(61)67-50(7,8)9)28-23-33(30-59)29-38-41-42(65-51(10,11)64-41)45(63-38)57-32-55-40-43(53-31-54-44(40)57)56-52(34-19-15-13-16-20-34,35-21-17-14-18-22-35)36-24-26-37(62-12)27-25-36/h13-22,24-27,29-32,38-39,41-42,45H,23,28H2,1-12H3,(H,53,54,56)/t38-,39+,41-,42-,45-/m1/s1. The van der Waals surface area contributed by atoms with Gasteiger partial charge in [0.15, 0.2) is 29.0 Å². The van der Waals surface area contributed by atoms with Crippen molar-refractivity contribution in [3.05, 3.63) is 126 Å². The van der Waals surface area contributed by atoms with Gasteiger partial charge in [-0.3, -0.25) is 9.36 Å². The van der Waals surface area contributed by atoms with E-state index in [0.29, 0.717) is 22.6 Å². The molecule has 4 heterocycles. The SMILES string of the molecule is COc1ccc(C(Nc2ncnc3c2ncn3[C@@H]2O[C@H](C=C(C=O)CC[C@H](N(C(=O)OC(C)(C)C)C(=O)OC(C)(C)C)C(C)(C)C)[C@H]3OC(C)(C)O[C@H]32)(c2ccccc2)c2ccccc2)cc1. The van der Waals surface area contributed by atoms with Gasteiger partial charge < -0.3 is 33.7 Å². The summed E-state index contributed by atoms with van der Waals surface area (Å²) in [5.41, 5.74) is 0.903. The Bertz CT molecular complexity index is 2490. The summed E-state index contributed by atoms with van der Waals surface area (Å²) in [6.07, 6.45) is 1.64. The second-order valence-corrected chi connectivity index (χ2v) is 20.5. The second kappa shape index (κ2) is 18.8. The number of amides is 2. The number of carbonyl (C=O) groups excluding carboxylic acids is 3. The van der Waals surface area contributed by atoms with Crippen LogP contribution in [0, 0.1) is 5.41 Å². The van der Waals surface area contributed by atoms with Crippen molar-refractivity contribution < 1.29 is 42.8 Å². The molecule has 5 atom stereocenters. The number of fused-ring (bicyclic) bond motifs is 2. The molecule has 15 nitrogen and oxygen atoms in total. The smallest absolute Gasteiger partial charge is 0.420 e. The molecule has 0 radical (unpaired) electrons. The van der Waals surface area contributed by atoms with Gasteiger partial charge in [0.05, 0.1) is 19.5 Å². The first-order valence-electron chi connectivity index (χ1n) is 22.7. The van der Waals surface area contributed by atoms with Crippen molar-refractivity contribution in [1.29, 1.82) is 0 Å². The largest absolute Gasteiger partial charge is 0.497 e. The highest BCUT2D eigenvalue weighted by atomic mass is 16.8. The molecule has 0 spiro atoms. The Hall–Kier alpha value is -6.16. The van der Waals surface area contributed by atoms with Crippen LogP contribution in [0.3, 0.4) is 0 Å². The molecule has 5 aromatic rings. The number of hydrogen-bond acceptors (Lipinski definition) is 13. The van der Waals surface area contributed by atoms with Gasteiger partial charge in [0.2, 0.25) is 0 Å². The zero-order valence-electron chi connectivity index (χ0n) is 40.6. The lowest BCUT2D eigenvalue weighted by molar-refractivity contribution is -0.191. The Morgan fingerprint density at radius 2 is 1.34 bits per heavy atom. The highest BCUT2D eigenvalue weighted by Crippen LogP contribution is 2.46. The van der Waals surface area contributed by atoms with Crippen LogP contribution in [-0.4, -0.2) is 91.3 Å². The Kier molecular flexibility index (Phi) is 13.7. The number of nitrogens with zero attached hydrogens (tertiary/aromatic N) is 5. The van der Waals surface area contributed by atoms with Gasteiger partial charge >= 0.3 is 12.2 Å². The highest BCUT2D eigenvalue weighted by Gasteiger charge is 2.56. The number of aromatic nitrogens is 4. The average Bonchev–Trinajstić information content (AvgIpc) is 3.93. The van der Waals surface area contributed by atoms with Crippen LogP contribution in [-0.2, 0) is 34.0 Å². The van der Waals surface area contributed by atoms with E-state index in [2.05, 4.69) is 29.6 Å². The van der Waals surface area contributed by atoms with Crippen molar-refractivity contribution in [2.45, 2.75) is 142 Å². The van der Waals surface area contributed by atoms with Crippen molar-refractivity contribution in [2.24, 2.45) is 5.41 Å². The zero-order chi connectivity index (χ0) is 48.5. The van der Waals surface area contributed by atoms with Crippen molar-refractivity contribution in [1.82, 2.24) is 24.4 Å². The van der Waals surface area contributed by atoms with Crippen molar-refractivity contribution in [2.75, 3.05) is 12.4 Å². The minimum atomic E-state index is -0.981. The molecular formula is C52H64N6O9. The molecule has 2 saturated heterocycles. The molecule has 0 saturated carbocycles. The number of allylic oxidation sites excluding steroid dienone is 1. The molecule has 67 heavy (non-hydrogen) atoms. The quantitative estimate of drug-likeness (QED) is 0.0674. The summed E-state index contributed by atoms with van der Waals surface area (Å²) in [7, 11) is 1.64. The monoisotopic (exact) mass is 916 g/mol. The molecule has 2 aliphatic heterocycles. The van der Waals surface area contributed by atoms with Crippen molar-refractivity contribution in [3.63, 3.8) is 0 Å². The maximum absolute atomic E-state index is 13.7. The predicted octanol–water partition coefficient (Wildman–Crippen LogP) is 10.1. The third kappa shape index (κ3) is 10.7. The molecule has 1 N–H and O–H groups in total. The van der Waals surface area contributed by atoms with Gasteiger partial charge in [0.25, 0.3) is 0 Å². The summed E-state index contributed by atoms with van der Waals surface area (Å²) in [4.78, 5) is 55.9. The number of imide groups is 1. The topological polar surface area (TPSA) is 165 Å². The van der Waals surface area contributed by atoms with Crippen molar-refractivity contribution >= 4 is 35.5 Å². The van der Waals surface area contributed by atoms with Crippen LogP contribution >= 0.6 is 0 Å². The van der Waals surface area contributed by atoms with Gasteiger partial charge in [-0.05, 0) is 114 Å². The van der Waals surface area contributed by atoms with Crippen molar-refractivity contribution in [3.8, 4) is 5.75 Å². The van der Waals surface area contributed by atoms with Gasteiger partial charge in [-0.1, -0.05) is 93.6 Å². The number of rotatable bonds is 13. The van der Waals surface area contributed by atoms with Crippen LogP contribution in [0.25, 0.3) is 11.2 Å². The molecule has 0 unspecified atom stereocenters. The molecule has 2 aromatic heterocycles. The molecule has 0 bridgehead atoms. The summed E-state index contributed by atoms with van der Waals surface area (Å²) >= 11 is 0. The Balaban J connectivity index is 1.23. The first-order valence-corrected chi connectivity index (χ1v) is 22.7. The number of carbonyl (C=O) groups is 3. The molecule has 7 rings (SSSR count). The van der Waals surface area contributed by atoms with E-state index in [1.54, 1.807) is 61.1 Å². The minimum absolute atomic E-state index is 0.189. The number of imidazole rings is 1. The van der Waals surface area contributed by atoms with E-state index in [9.17, 15) is 14.4 Å². The van der Waals surface area contributed by atoms with Gasteiger partial charge in [-0.15, -0.1) is 0 Å². The maximum Gasteiger partial charge on any atom is 0.420 e. The lowest BCUT2D eigenvalue weighted by Gasteiger charge is -2.39. The number of nitrogens with one attached hydrogen (secondary N) is 1. The van der Waals surface area contributed by atoms with Crippen LogP contribution in [0.4, 0.5) is 15.4 Å². The molecule has 2 aliphatic rings. The highest BCUT2D eigenvalue weighted by molar-refractivity contribution is 5.89. The molecule has 2 fully saturated rings. The normalized spacial score (nSPS) is 20.2. The van der Waals surface area contributed by atoms with E-state index in [1.807, 2.05) is 99.8 Å². The third-order valence-corrected chi connectivity index (χ3v) is 11.7. The van der Waals surface area contributed by atoms with Crippen LogP contribution in [0.2, 0.25) is 0 Å². The summed E-state index contributed by atoms with van der Waals surface area (Å²) in [6, 6.07) is 27.6. The molecule has 0 aliphatic carbocycles. The number of methoxy groups -OCH3 is 1. The van der Waals surface area contributed by atoms with Gasteiger partial charge in [0.1, 0.15) is 53.4 Å². The first kappa shape index (κ1) is 48.8. The van der Waals surface area contributed by atoms with Gasteiger partial charge in [0, 0.05) is 0 Å². The Labute approximate surface area is 393 Å². The number of benzene rings is 3. The van der Waals surface area contributed by atoms with Crippen LogP contribution in [0.1, 0.15) is 112 Å². The molecule has 356 valence electrons. The van der Waals surface area contributed by atoms with Crippen LogP contribution in [0.5, 0.6) is 5.75 Å². The van der Waals surface area contributed by atoms with E-state index in [1.165, 1.54) is 6.33 Å². The summed E-state index contributed by atoms with van der Waals surface area (Å²) in [6.45, 7) is 19.8. The Morgan fingerprint density at radius 3 is 1.87 bits per heavy atom. The van der Waals surface area contributed by atoms with E-state index in [-0.39, 0.29) is 12.8 Å². The van der Waals surface area contributed by atoms with E-state index < -0.39 is 70.7 Å². The summed E-state index contributed by atoms with van der Waals surface area (Å²) < 4.78 is 38.6. The predicted molar refractivity (Wildman–Crippen MR) is 253 cm³/mol. The fourth-order valence-electron chi connectivity index (χ4n) is 8.80. The lowest BCUT2D eigenvalue weighted by atomic mass is 9.77. The lowest BCUT2D eigenvalue weighted by Crippen LogP contribution is -2.53.